The van der Waals surface area contributed by atoms with Gasteiger partial charge in [0.25, 0.3) is 0 Å². The molecule has 0 saturated heterocycles. The highest BCUT2D eigenvalue weighted by atomic mass is 31.1. The Kier molecular flexibility index (Phi) is 6.67. The molecular weight excluding hydrogens is 350 g/mol. The maximum atomic E-state index is 2.66. The minimum atomic E-state index is 0.403. The second kappa shape index (κ2) is 9.17. The third-order valence-corrected chi connectivity index (χ3v) is 11.3. The summed E-state index contributed by atoms with van der Waals surface area (Å²) in [4.78, 5) is 0.403. The highest BCUT2D eigenvalue weighted by Crippen LogP contribution is 2.63. The van der Waals surface area contributed by atoms with Gasteiger partial charge in [0.05, 0.1) is 0 Å². The summed E-state index contributed by atoms with van der Waals surface area (Å²) in [5.41, 5.74) is 3.49. The zero-order valence-electron chi connectivity index (χ0n) is 16.0. The maximum Gasteiger partial charge on any atom is 0.0336 e. The van der Waals surface area contributed by atoms with E-state index in [4.69, 9.17) is 0 Å². The Bertz CT molecular complexity index is 586. The van der Waals surface area contributed by atoms with Crippen molar-refractivity contribution in [3.8, 4) is 0 Å². The lowest BCUT2D eigenvalue weighted by Crippen LogP contribution is -2.30. The van der Waals surface area contributed by atoms with E-state index < -0.39 is 0 Å². The molecule has 0 amide bonds. The molecule has 4 rings (SSSR count). The van der Waals surface area contributed by atoms with Crippen molar-refractivity contribution in [2.75, 3.05) is 0 Å². The molecule has 0 bridgehead atoms. The SMILES string of the molecule is C1=CC(c2ccccc2)C(PC2CCCCC2)(PC2CCCCC2)C=C1. The molecular formula is C24H34P2. The van der Waals surface area contributed by atoms with Gasteiger partial charge in [0.2, 0.25) is 0 Å². The second-order valence-electron chi connectivity index (χ2n) is 8.46. The predicted octanol–water partition coefficient (Wildman–Crippen LogP) is 7.61. The van der Waals surface area contributed by atoms with Crippen molar-refractivity contribution in [2.24, 2.45) is 0 Å². The van der Waals surface area contributed by atoms with Crippen LogP contribution in [0.3, 0.4) is 0 Å². The fourth-order valence-corrected chi connectivity index (χ4v) is 10.7. The van der Waals surface area contributed by atoms with Crippen molar-refractivity contribution < 1.29 is 0 Å². The molecule has 3 aliphatic carbocycles. The monoisotopic (exact) mass is 384 g/mol. The minimum absolute atomic E-state index is 0.403. The molecule has 0 radical (unpaired) electrons. The summed E-state index contributed by atoms with van der Waals surface area (Å²) in [6.45, 7) is 0. The van der Waals surface area contributed by atoms with Crippen molar-refractivity contribution >= 4 is 17.2 Å². The summed E-state index contributed by atoms with van der Waals surface area (Å²) in [6, 6.07) is 11.4. The molecule has 26 heavy (non-hydrogen) atoms. The molecule has 140 valence electrons. The molecule has 3 unspecified atom stereocenters. The van der Waals surface area contributed by atoms with Crippen molar-refractivity contribution in [3.05, 3.63) is 60.2 Å². The summed E-state index contributed by atoms with van der Waals surface area (Å²) >= 11 is 0. The van der Waals surface area contributed by atoms with Crippen molar-refractivity contribution in [1.82, 2.24) is 0 Å². The minimum Gasteiger partial charge on any atom is -0.103 e. The number of benzene rings is 1. The van der Waals surface area contributed by atoms with Crippen LogP contribution in [-0.4, -0.2) is 16.2 Å². The van der Waals surface area contributed by atoms with Crippen LogP contribution in [0.1, 0.15) is 75.7 Å². The van der Waals surface area contributed by atoms with E-state index in [2.05, 4.69) is 54.6 Å². The molecule has 0 aliphatic heterocycles. The molecule has 0 heterocycles. The molecule has 2 heteroatoms. The first-order valence-corrected chi connectivity index (χ1v) is 13.0. The van der Waals surface area contributed by atoms with Crippen molar-refractivity contribution in [2.45, 2.75) is 86.3 Å². The maximum absolute atomic E-state index is 2.66. The lowest BCUT2D eigenvalue weighted by Gasteiger charge is -2.45. The highest BCUT2D eigenvalue weighted by Gasteiger charge is 2.41. The van der Waals surface area contributed by atoms with E-state index in [1.54, 1.807) is 5.56 Å². The van der Waals surface area contributed by atoms with Gasteiger partial charge >= 0.3 is 0 Å². The van der Waals surface area contributed by atoms with Gasteiger partial charge in [0.1, 0.15) is 0 Å². The van der Waals surface area contributed by atoms with Crippen LogP contribution in [-0.2, 0) is 0 Å². The van der Waals surface area contributed by atoms with Crippen LogP contribution in [0.4, 0.5) is 0 Å². The average molecular weight is 384 g/mol. The number of allylic oxidation sites excluding steroid dienone is 4. The fraction of sp³-hybridized carbons (Fsp3) is 0.583. The number of rotatable bonds is 5. The molecule has 0 nitrogen and oxygen atoms in total. The number of hydrogen-bond acceptors (Lipinski definition) is 0. The van der Waals surface area contributed by atoms with Crippen molar-refractivity contribution in [1.29, 1.82) is 0 Å². The first-order valence-electron chi connectivity index (χ1n) is 10.8. The van der Waals surface area contributed by atoms with Crippen LogP contribution in [0.25, 0.3) is 0 Å². The molecule has 1 aromatic carbocycles. The Morgan fingerprint density at radius 2 is 1.27 bits per heavy atom. The molecule has 0 spiro atoms. The summed E-state index contributed by atoms with van der Waals surface area (Å²) in [5.74, 6) is 0.592. The summed E-state index contributed by atoms with van der Waals surface area (Å²) in [7, 11) is 2.21. The van der Waals surface area contributed by atoms with Crippen LogP contribution < -0.4 is 0 Å². The summed E-state index contributed by atoms with van der Waals surface area (Å²) in [5, 5.41) is 0. The van der Waals surface area contributed by atoms with Crippen LogP contribution in [0.5, 0.6) is 0 Å². The van der Waals surface area contributed by atoms with Crippen molar-refractivity contribution in [3.63, 3.8) is 0 Å². The first-order chi connectivity index (χ1) is 12.9. The summed E-state index contributed by atoms with van der Waals surface area (Å²) in [6.07, 6.45) is 24.6. The van der Waals surface area contributed by atoms with E-state index in [0.29, 0.717) is 10.8 Å². The van der Waals surface area contributed by atoms with Gasteiger partial charge in [-0.05, 0) is 42.6 Å². The van der Waals surface area contributed by atoms with Gasteiger partial charge in [0, 0.05) is 10.8 Å². The zero-order chi connectivity index (χ0) is 17.7. The average Bonchev–Trinajstić information content (AvgIpc) is 2.70. The smallest absolute Gasteiger partial charge is 0.0336 e. The van der Waals surface area contributed by atoms with Crippen LogP contribution in [0.2, 0.25) is 0 Å². The van der Waals surface area contributed by atoms with Gasteiger partial charge < -0.3 is 0 Å². The fourth-order valence-electron chi connectivity index (χ4n) is 5.16. The topological polar surface area (TPSA) is 0 Å². The van der Waals surface area contributed by atoms with Crippen LogP contribution in [0.15, 0.2) is 54.6 Å². The number of hydrogen-bond donors (Lipinski definition) is 0. The Morgan fingerprint density at radius 1 is 0.692 bits per heavy atom. The van der Waals surface area contributed by atoms with Gasteiger partial charge in [-0.2, -0.15) is 0 Å². The molecule has 2 fully saturated rings. The molecule has 0 aromatic heterocycles. The van der Waals surface area contributed by atoms with E-state index in [9.17, 15) is 0 Å². The Balaban J connectivity index is 1.62. The van der Waals surface area contributed by atoms with Gasteiger partial charge in [-0.15, -0.1) is 17.2 Å². The molecule has 3 aliphatic rings. The second-order valence-corrected chi connectivity index (χ2v) is 12.8. The highest BCUT2D eigenvalue weighted by molar-refractivity contribution is 7.60. The van der Waals surface area contributed by atoms with E-state index in [-0.39, 0.29) is 0 Å². The Labute approximate surface area is 163 Å². The molecule has 3 atom stereocenters. The molecule has 2 saturated carbocycles. The Morgan fingerprint density at radius 3 is 1.85 bits per heavy atom. The lowest BCUT2D eigenvalue weighted by molar-refractivity contribution is 0.506. The Hall–Kier alpha value is -0.440. The largest absolute Gasteiger partial charge is 0.103 e. The predicted molar refractivity (Wildman–Crippen MR) is 121 cm³/mol. The van der Waals surface area contributed by atoms with Crippen LogP contribution >= 0.6 is 17.2 Å². The van der Waals surface area contributed by atoms with Gasteiger partial charge in [0.15, 0.2) is 0 Å². The van der Waals surface area contributed by atoms with Gasteiger partial charge in [-0.3, -0.25) is 0 Å². The quantitative estimate of drug-likeness (QED) is 0.458. The summed E-state index contributed by atoms with van der Waals surface area (Å²) < 4.78 is 0. The first kappa shape index (κ1) is 18.9. The lowest BCUT2D eigenvalue weighted by atomic mass is 9.91. The normalized spacial score (nSPS) is 31.5. The van der Waals surface area contributed by atoms with E-state index >= 15 is 0 Å². The zero-order valence-corrected chi connectivity index (χ0v) is 18.0. The third kappa shape index (κ3) is 4.51. The molecule has 0 N–H and O–H groups in total. The van der Waals surface area contributed by atoms with E-state index in [1.807, 2.05) is 0 Å². The molecule has 1 aromatic rings. The van der Waals surface area contributed by atoms with Gasteiger partial charge in [-0.1, -0.05) is 93.2 Å². The van der Waals surface area contributed by atoms with E-state index in [1.165, 1.54) is 64.2 Å². The standard InChI is InChI=1S/C24H34P2/c1-4-12-20(13-5-1)23-18-10-11-19-24(23,25-21-14-6-2-7-15-21)26-22-16-8-3-9-17-22/h1,4-5,10-13,18-19,21-23,25-26H,2-3,6-9,14-17H2. The van der Waals surface area contributed by atoms with Gasteiger partial charge in [-0.25, -0.2) is 0 Å². The van der Waals surface area contributed by atoms with Crippen LogP contribution in [0, 0.1) is 0 Å². The third-order valence-electron chi connectivity index (χ3n) is 6.52. The van der Waals surface area contributed by atoms with E-state index in [0.717, 1.165) is 28.5 Å².